The number of carboxylic acids is 1. The largest absolute Gasteiger partial charge is 0.489 e. The standard InChI is InChI=1S/C26H25F4NO3/c1-16(31)21-6-4-7-22(25(21)27)20-12-17(9-10-26(28,29)30)11-18(13-20)15-34-23-8-3-2-5-19(23)14-24(32)33/h2-8,11-13,16H,9-10,14-15,31H2,1H3,(H,32,33)/t16-/m1/s1. The second-order valence-corrected chi connectivity index (χ2v) is 8.12. The Kier molecular flexibility index (Phi) is 7.94. The van der Waals surface area contributed by atoms with Crippen LogP contribution in [0.2, 0.25) is 0 Å². The summed E-state index contributed by atoms with van der Waals surface area (Å²) in [5.74, 6) is -1.18. The van der Waals surface area contributed by atoms with Crippen molar-refractivity contribution < 1.29 is 32.2 Å². The zero-order chi connectivity index (χ0) is 24.9. The molecule has 0 spiro atoms. The molecule has 0 aromatic heterocycles. The van der Waals surface area contributed by atoms with Gasteiger partial charge in [0.05, 0.1) is 6.42 Å². The van der Waals surface area contributed by atoms with Crippen LogP contribution >= 0.6 is 0 Å². The molecule has 0 heterocycles. The molecule has 0 aliphatic rings. The number of benzene rings is 3. The summed E-state index contributed by atoms with van der Waals surface area (Å²) in [6.45, 7) is 1.62. The van der Waals surface area contributed by atoms with E-state index in [9.17, 15) is 18.0 Å². The maximum Gasteiger partial charge on any atom is 0.389 e. The molecule has 0 amide bonds. The number of hydrogen-bond acceptors (Lipinski definition) is 3. The van der Waals surface area contributed by atoms with Crippen molar-refractivity contribution in [2.45, 2.75) is 45.0 Å². The van der Waals surface area contributed by atoms with Gasteiger partial charge in [0.25, 0.3) is 0 Å². The molecule has 3 aromatic carbocycles. The predicted molar refractivity (Wildman–Crippen MR) is 121 cm³/mol. The molecule has 0 aliphatic carbocycles. The zero-order valence-corrected chi connectivity index (χ0v) is 18.5. The number of aryl methyl sites for hydroxylation is 1. The van der Waals surface area contributed by atoms with Gasteiger partial charge in [0.1, 0.15) is 18.2 Å². The van der Waals surface area contributed by atoms with Crippen molar-refractivity contribution in [3.63, 3.8) is 0 Å². The zero-order valence-electron chi connectivity index (χ0n) is 18.5. The number of carbonyl (C=O) groups is 1. The second-order valence-electron chi connectivity index (χ2n) is 8.12. The molecule has 0 fully saturated rings. The van der Waals surface area contributed by atoms with E-state index in [1.54, 1.807) is 61.5 Å². The number of para-hydroxylation sites is 1. The monoisotopic (exact) mass is 475 g/mol. The number of nitrogens with two attached hydrogens (primary N) is 1. The maximum absolute atomic E-state index is 15.1. The first-order chi connectivity index (χ1) is 16.0. The van der Waals surface area contributed by atoms with Crippen LogP contribution in [0.15, 0.2) is 60.7 Å². The minimum Gasteiger partial charge on any atom is -0.489 e. The van der Waals surface area contributed by atoms with Gasteiger partial charge < -0.3 is 15.6 Å². The number of hydrogen-bond donors (Lipinski definition) is 2. The SMILES string of the molecule is C[C@@H](N)c1cccc(-c2cc(CCC(F)(F)F)cc(COc3ccccc3CC(=O)O)c2)c1F. The van der Waals surface area contributed by atoms with Crippen molar-refractivity contribution in [3.05, 3.63) is 88.7 Å². The molecule has 3 rings (SSSR count). The fourth-order valence-corrected chi connectivity index (χ4v) is 3.67. The third-order valence-electron chi connectivity index (χ3n) is 5.29. The maximum atomic E-state index is 15.1. The molecule has 1 atom stereocenters. The van der Waals surface area contributed by atoms with Crippen LogP contribution in [0.25, 0.3) is 11.1 Å². The first kappa shape index (κ1) is 25.2. The molecule has 180 valence electrons. The van der Waals surface area contributed by atoms with E-state index in [0.717, 1.165) is 0 Å². The van der Waals surface area contributed by atoms with Crippen molar-refractivity contribution >= 4 is 5.97 Å². The van der Waals surface area contributed by atoms with Gasteiger partial charge in [-0.05, 0) is 42.2 Å². The summed E-state index contributed by atoms with van der Waals surface area (Å²) in [5, 5.41) is 9.10. The van der Waals surface area contributed by atoms with E-state index in [-0.39, 0.29) is 25.0 Å². The van der Waals surface area contributed by atoms with Gasteiger partial charge in [0.2, 0.25) is 0 Å². The molecule has 4 nitrogen and oxygen atoms in total. The Morgan fingerprint density at radius 1 is 1.06 bits per heavy atom. The van der Waals surface area contributed by atoms with E-state index in [0.29, 0.717) is 33.6 Å². The lowest BCUT2D eigenvalue weighted by atomic mass is 9.95. The van der Waals surface area contributed by atoms with Gasteiger partial charge in [-0.15, -0.1) is 0 Å². The van der Waals surface area contributed by atoms with Crippen LogP contribution in [-0.4, -0.2) is 17.3 Å². The van der Waals surface area contributed by atoms with Crippen LogP contribution in [0.3, 0.4) is 0 Å². The summed E-state index contributed by atoms with van der Waals surface area (Å²) in [5.41, 5.74) is 8.19. The molecule has 8 heteroatoms. The average Bonchev–Trinajstić information content (AvgIpc) is 2.76. The van der Waals surface area contributed by atoms with Crippen LogP contribution < -0.4 is 10.5 Å². The number of alkyl halides is 3. The molecule has 0 saturated carbocycles. The third-order valence-corrected chi connectivity index (χ3v) is 5.29. The highest BCUT2D eigenvalue weighted by molar-refractivity contribution is 5.71. The summed E-state index contributed by atoms with van der Waals surface area (Å²) in [6, 6.07) is 15.6. The minimum absolute atomic E-state index is 0.0297. The van der Waals surface area contributed by atoms with Crippen molar-refractivity contribution in [1.29, 1.82) is 0 Å². The van der Waals surface area contributed by atoms with E-state index >= 15 is 4.39 Å². The van der Waals surface area contributed by atoms with E-state index in [1.165, 1.54) is 6.07 Å². The molecule has 0 aliphatic heterocycles. The van der Waals surface area contributed by atoms with E-state index in [1.807, 2.05) is 0 Å². The Morgan fingerprint density at radius 3 is 2.44 bits per heavy atom. The lowest BCUT2D eigenvalue weighted by Gasteiger charge is -2.15. The molecule has 0 bridgehead atoms. The summed E-state index contributed by atoms with van der Waals surface area (Å²) in [7, 11) is 0. The molecule has 3 aromatic rings. The second kappa shape index (κ2) is 10.7. The summed E-state index contributed by atoms with van der Waals surface area (Å²) in [6.07, 6.45) is -5.85. The van der Waals surface area contributed by atoms with Crippen LogP contribution in [0, 0.1) is 5.82 Å². The number of carboxylic acid groups (broad SMARTS) is 1. The first-order valence-electron chi connectivity index (χ1n) is 10.7. The molecule has 0 saturated heterocycles. The van der Waals surface area contributed by atoms with Gasteiger partial charge in [0.15, 0.2) is 0 Å². The van der Waals surface area contributed by atoms with Gasteiger partial charge >= 0.3 is 12.1 Å². The molecule has 34 heavy (non-hydrogen) atoms. The van der Waals surface area contributed by atoms with Crippen LogP contribution in [0.4, 0.5) is 17.6 Å². The molecule has 0 radical (unpaired) electrons. The highest BCUT2D eigenvalue weighted by Gasteiger charge is 2.26. The summed E-state index contributed by atoms with van der Waals surface area (Å²) < 4.78 is 59.5. The number of halogens is 4. The Morgan fingerprint density at radius 2 is 1.76 bits per heavy atom. The number of ether oxygens (including phenoxy) is 1. The van der Waals surface area contributed by atoms with E-state index < -0.39 is 30.4 Å². The van der Waals surface area contributed by atoms with Gasteiger partial charge in [-0.25, -0.2) is 4.39 Å². The van der Waals surface area contributed by atoms with E-state index in [4.69, 9.17) is 15.6 Å². The van der Waals surface area contributed by atoms with Crippen molar-refractivity contribution in [2.75, 3.05) is 0 Å². The van der Waals surface area contributed by atoms with Gasteiger partial charge in [0, 0.05) is 29.2 Å². The molecular formula is C26H25F4NO3. The van der Waals surface area contributed by atoms with Crippen molar-refractivity contribution in [1.82, 2.24) is 0 Å². The third kappa shape index (κ3) is 6.81. The van der Waals surface area contributed by atoms with Crippen molar-refractivity contribution in [2.24, 2.45) is 5.73 Å². The Balaban J connectivity index is 1.96. The first-order valence-corrected chi connectivity index (χ1v) is 10.7. The highest BCUT2D eigenvalue weighted by Crippen LogP contribution is 2.31. The molecular weight excluding hydrogens is 450 g/mol. The number of rotatable bonds is 9. The summed E-state index contributed by atoms with van der Waals surface area (Å²) in [4.78, 5) is 11.1. The van der Waals surface area contributed by atoms with E-state index in [2.05, 4.69) is 0 Å². The average molecular weight is 475 g/mol. The van der Waals surface area contributed by atoms with Crippen LogP contribution in [0.5, 0.6) is 5.75 Å². The van der Waals surface area contributed by atoms with Gasteiger partial charge in [-0.2, -0.15) is 13.2 Å². The molecule has 0 unspecified atom stereocenters. The Bertz CT molecular complexity index is 1160. The lowest BCUT2D eigenvalue weighted by Crippen LogP contribution is -2.10. The smallest absolute Gasteiger partial charge is 0.389 e. The fourth-order valence-electron chi connectivity index (χ4n) is 3.67. The fraction of sp³-hybridized carbons (Fsp3) is 0.269. The highest BCUT2D eigenvalue weighted by atomic mass is 19.4. The predicted octanol–water partition coefficient (Wildman–Crippen LogP) is 6.21. The Hall–Kier alpha value is -3.39. The van der Waals surface area contributed by atoms with Crippen LogP contribution in [-0.2, 0) is 24.2 Å². The summed E-state index contributed by atoms with van der Waals surface area (Å²) >= 11 is 0. The molecule has 3 N–H and O–H groups in total. The quantitative estimate of drug-likeness (QED) is 0.361. The normalized spacial score (nSPS) is 12.4. The number of aliphatic carboxylic acids is 1. The van der Waals surface area contributed by atoms with Crippen LogP contribution in [0.1, 0.15) is 41.6 Å². The van der Waals surface area contributed by atoms with Gasteiger partial charge in [-0.1, -0.05) is 48.5 Å². The van der Waals surface area contributed by atoms with Crippen molar-refractivity contribution in [3.8, 4) is 16.9 Å². The lowest BCUT2D eigenvalue weighted by molar-refractivity contribution is -0.136. The topological polar surface area (TPSA) is 72.5 Å². The van der Waals surface area contributed by atoms with Gasteiger partial charge in [-0.3, -0.25) is 4.79 Å². The minimum atomic E-state index is -4.33. The Labute approximate surface area is 195 Å².